The van der Waals surface area contributed by atoms with Crippen LogP contribution in [0.25, 0.3) is 11.1 Å². The molecule has 6 heteroatoms. The molecule has 0 saturated heterocycles. The smallest absolute Gasteiger partial charge is 0.332 e. The normalized spacial score (nSPS) is 13.6. The van der Waals surface area contributed by atoms with E-state index in [1.54, 1.807) is 30.3 Å². The van der Waals surface area contributed by atoms with E-state index in [2.05, 4.69) is 0 Å². The van der Waals surface area contributed by atoms with E-state index in [1.165, 1.54) is 12.1 Å². The van der Waals surface area contributed by atoms with Crippen LogP contribution in [0.1, 0.15) is 12.0 Å². The lowest BCUT2D eigenvalue weighted by Gasteiger charge is -2.14. The van der Waals surface area contributed by atoms with E-state index in [0.717, 1.165) is 5.56 Å². The first-order valence-electron chi connectivity index (χ1n) is 7.07. The third kappa shape index (κ3) is 4.76. The lowest BCUT2D eigenvalue weighted by molar-refractivity contribution is -0.147. The molecule has 122 valence electrons. The molecule has 0 aliphatic heterocycles. The topological polar surface area (TPSA) is 83.5 Å². The van der Waals surface area contributed by atoms with Gasteiger partial charge in [0, 0.05) is 16.6 Å². The second-order valence-electron chi connectivity index (χ2n) is 5.38. The first kappa shape index (κ1) is 17.4. The van der Waals surface area contributed by atoms with Crippen molar-refractivity contribution < 1.29 is 19.4 Å². The van der Waals surface area contributed by atoms with Gasteiger partial charge in [0.25, 0.3) is 0 Å². The van der Waals surface area contributed by atoms with Crippen molar-refractivity contribution in [2.24, 2.45) is 5.73 Å². The molecule has 2 aromatic rings. The molecule has 0 radical (unpaired) electrons. The van der Waals surface area contributed by atoms with Crippen molar-refractivity contribution in [2.45, 2.75) is 25.0 Å². The van der Waals surface area contributed by atoms with Gasteiger partial charge < -0.3 is 15.9 Å². The molecule has 0 aliphatic rings. The van der Waals surface area contributed by atoms with Crippen molar-refractivity contribution in [3.63, 3.8) is 0 Å². The summed E-state index contributed by atoms with van der Waals surface area (Å²) in [4.78, 5) is 10.6. The number of hydrogen-bond donors (Lipinski definition) is 3. The van der Waals surface area contributed by atoms with E-state index >= 15 is 0 Å². The Hall–Kier alpha value is -1.95. The summed E-state index contributed by atoms with van der Waals surface area (Å²) in [5, 5.41) is 18.4. The Kier molecular flexibility index (Phi) is 5.71. The maximum absolute atomic E-state index is 13.8. The lowest BCUT2D eigenvalue weighted by atomic mass is 9.98. The fourth-order valence-electron chi connectivity index (χ4n) is 2.31. The summed E-state index contributed by atoms with van der Waals surface area (Å²) in [7, 11) is 0. The molecule has 2 unspecified atom stereocenters. The molecule has 0 fully saturated rings. The number of carboxylic acid groups (broad SMARTS) is 1. The maximum atomic E-state index is 13.8. The SMILES string of the molecule is NC(Cc1ccc(-c2cc(Cl)ccc2F)cc1)CC(O)C(=O)O. The number of rotatable bonds is 6. The minimum Gasteiger partial charge on any atom is -0.479 e. The number of benzene rings is 2. The zero-order chi connectivity index (χ0) is 17.0. The predicted molar refractivity (Wildman–Crippen MR) is 86.8 cm³/mol. The van der Waals surface area contributed by atoms with Crippen molar-refractivity contribution in [3.05, 3.63) is 58.9 Å². The van der Waals surface area contributed by atoms with E-state index in [1.807, 2.05) is 0 Å². The Morgan fingerprint density at radius 1 is 1.22 bits per heavy atom. The number of carbonyl (C=O) groups is 1. The van der Waals surface area contributed by atoms with Crippen LogP contribution >= 0.6 is 11.6 Å². The van der Waals surface area contributed by atoms with Gasteiger partial charge in [-0.2, -0.15) is 0 Å². The number of hydrogen-bond acceptors (Lipinski definition) is 3. The molecule has 23 heavy (non-hydrogen) atoms. The Morgan fingerprint density at radius 3 is 2.48 bits per heavy atom. The van der Waals surface area contributed by atoms with Crippen LogP contribution in [0, 0.1) is 5.82 Å². The largest absolute Gasteiger partial charge is 0.479 e. The zero-order valence-corrected chi connectivity index (χ0v) is 13.0. The molecule has 0 heterocycles. The molecule has 0 amide bonds. The monoisotopic (exact) mass is 337 g/mol. The van der Waals surface area contributed by atoms with Gasteiger partial charge in [0.2, 0.25) is 0 Å². The van der Waals surface area contributed by atoms with E-state index < -0.39 is 18.1 Å². The van der Waals surface area contributed by atoms with Crippen LogP contribution in [0.2, 0.25) is 5.02 Å². The highest BCUT2D eigenvalue weighted by atomic mass is 35.5. The molecule has 4 nitrogen and oxygen atoms in total. The number of carboxylic acids is 1. The number of nitrogens with two attached hydrogens (primary N) is 1. The Balaban J connectivity index is 2.07. The van der Waals surface area contributed by atoms with Crippen LogP contribution in [0.15, 0.2) is 42.5 Å². The lowest BCUT2D eigenvalue weighted by Crippen LogP contribution is -2.32. The van der Waals surface area contributed by atoms with E-state index in [-0.39, 0.29) is 12.2 Å². The van der Waals surface area contributed by atoms with Crippen molar-refractivity contribution in [1.82, 2.24) is 0 Å². The highest BCUT2D eigenvalue weighted by Crippen LogP contribution is 2.26. The van der Waals surface area contributed by atoms with E-state index in [0.29, 0.717) is 22.6 Å². The van der Waals surface area contributed by atoms with Gasteiger partial charge in [0.15, 0.2) is 6.10 Å². The second-order valence-corrected chi connectivity index (χ2v) is 5.81. The van der Waals surface area contributed by atoms with Crippen LogP contribution in [0.3, 0.4) is 0 Å². The first-order chi connectivity index (χ1) is 10.9. The summed E-state index contributed by atoms with van der Waals surface area (Å²) in [5.74, 6) is -1.64. The second kappa shape index (κ2) is 7.55. The molecular formula is C17H17ClFNO3. The van der Waals surface area contributed by atoms with E-state index in [4.69, 9.17) is 22.4 Å². The van der Waals surface area contributed by atoms with E-state index in [9.17, 15) is 14.3 Å². The zero-order valence-electron chi connectivity index (χ0n) is 12.2. The summed E-state index contributed by atoms with van der Waals surface area (Å²) in [5.41, 5.74) is 7.81. The number of aliphatic carboxylic acids is 1. The van der Waals surface area contributed by atoms with Gasteiger partial charge in [0.05, 0.1) is 0 Å². The summed E-state index contributed by atoms with van der Waals surface area (Å²) >= 11 is 5.89. The van der Waals surface area contributed by atoms with Crippen molar-refractivity contribution in [3.8, 4) is 11.1 Å². The molecule has 4 N–H and O–H groups in total. The first-order valence-corrected chi connectivity index (χ1v) is 7.45. The van der Waals surface area contributed by atoms with Crippen LogP contribution in [0.4, 0.5) is 4.39 Å². The van der Waals surface area contributed by atoms with Gasteiger partial charge >= 0.3 is 5.97 Å². The van der Waals surface area contributed by atoms with Crippen LogP contribution in [0.5, 0.6) is 0 Å². The van der Waals surface area contributed by atoms with Crippen molar-refractivity contribution >= 4 is 17.6 Å². The van der Waals surface area contributed by atoms with Crippen molar-refractivity contribution in [1.29, 1.82) is 0 Å². The summed E-state index contributed by atoms with van der Waals surface area (Å²) in [6, 6.07) is 11.0. The highest BCUT2D eigenvalue weighted by Gasteiger charge is 2.17. The fourth-order valence-corrected chi connectivity index (χ4v) is 2.48. The maximum Gasteiger partial charge on any atom is 0.332 e. The van der Waals surface area contributed by atoms with Gasteiger partial charge in [-0.15, -0.1) is 0 Å². The number of aliphatic hydroxyl groups excluding tert-OH is 1. The Labute approximate surface area is 138 Å². The van der Waals surface area contributed by atoms with Gasteiger partial charge in [-0.1, -0.05) is 35.9 Å². The molecule has 0 bridgehead atoms. The summed E-state index contributed by atoms with van der Waals surface area (Å²) in [6.07, 6.45) is -1.08. The summed E-state index contributed by atoms with van der Waals surface area (Å²) in [6.45, 7) is 0. The Morgan fingerprint density at radius 2 is 1.87 bits per heavy atom. The molecule has 2 atom stereocenters. The number of halogens is 2. The van der Waals surface area contributed by atoms with Gasteiger partial charge in [-0.25, -0.2) is 9.18 Å². The standard InChI is InChI=1S/C17H17ClFNO3/c18-12-5-6-15(19)14(8-12)11-3-1-10(2-4-11)7-13(20)9-16(21)17(22)23/h1-6,8,13,16,21H,7,9,20H2,(H,22,23). The minimum absolute atomic E-state index is 0.0278. The molecule has 2 aromatic carbocycles. The highest BCUT2D eigenvalue weighted by molar-refractivity contribution is 6.30. The third-order valence-corrected chi connectivity index (χ3v) is 3.74. The van der Waals surface area contributed by atoms with Crippen molar-refractivity contribution in [2.75, 3.05) is 0 Å². The van der Waals surface area contributed by atoms with Gasteiger partial charge in [0.1, 0.15) is 5.82 Å². The number of aliphatic hydroxyl groups is 1. The molecule has 0 aliphatic carbocycles. The quantitative estimate of drug-likeness (QED) is 0.757. The average molecular weight is 338 g/mol. The van der Waals surface area contributed by atoms with Crippen LogP contribution < -0.4 is 5.73 Å². The van der Waals surface area contributed by atoms with Gasteiger partial charge in [-0.05, 0) is 42.2 Å². The third-order valence-electron chi connectivity index (χ3n) is 3.50. The predicted octanol–water partition coefficient (Wildman–Crippen LogP) is 2.85. The molecule has 0 aromatic heterocycles. The van der Waals surface area contributed by atoms with Crippen LogP contribution in [-0.2, 0) is 11.2 Å². The minimum atomic E-state index is -1.47. The van der Waals surface area contributed by atoms with Crippen LogP contribution in [-0.4, -0.2) is 28.3 Å². The van der Waals surface area contributed by atoms with Gasteiger partial charge in [-0.3, -0.25) is 0 Å². The summed E-state index contributed by atoms with van der Waals surface area (Å²) < 4.78 is 13.8. The Bertz CT molecular complexity index is 691. The fraction of sp³-hybridized carbons (Fsp3) is 0.235. The molecule has 0 saturated carbocycles. The molecular weight excluding hydrogens is 321 g/mol. The molecule has 0 spiro atoms. The average Bonchev–Trinajstić information content (AvgIpc) is 2.50. The molecule has 2 rings (SSSR count).